The van der Waals surface area contributed by atoms with Crippen LogP contribution in [-0.4, -0.2) is 60.0 Å². The summed E-state index contributed by atoms with van der Waals surface area (Å²) in [7, 11) is 1.40. The van der Waals surface area contributed by atoms with E-state index in [4.69, 9.17) is 19.9 Å². The van der Waals surface area contributed by atoms with Crippen molar-refractivity contribution in [2.75, 3.05) is 13.7 Å². The number of carbonyl (C=O) groups excluding carboxylic acids is 3. The fraction of sp³-hybridized carbons (Fsp3) is 0.500. The molecular formula is C28H35FN4O6. The van der Waals surface area contributed by atoms with Gasteiger partial charge in [-0.25, -0.2) is 14.2 Å². The summed E-state index contributed by atoms with van der Waals surface area (Å²) >= 11 is 0. The summed E-state index contributed by atoms with van der Waals surface area (Å²) in [6, 6.07) is 2.57. The number of ether oxygens (including phenoxy) is 3. The fourth-order valence-electron chi connectivity index (χ4n) is 4.22. The Labute approximate surface area is 227 Å². The van der Waals surface area contributed by atoms with E-state index in [0.717, 1.165) is 0 Å². The molecule has 1 aromatic carbocycles. The number of aromatic nitrogens is 1. The maximum Gasteiger partial charge on any atom is 0.408 e. The maximum atomic E-state index is 14.2. The minimum Gasteiger partial charge on any atom is -0.496 e. The smallest absolute Gasteiger partial charge is 0.408 e. The van der Waals surface area contributed by atoms with Gasteiger partial charge < -0.3 is 30.6 Å². The Bertz CT molecular complexity index is 1340. The van der Waals surface area contributed by atoms with Crippen LogP contribution in [0.5, 0.6) is 11.6 Å². The van der Waals surface area contributed by atoms with E-state index in [1.54, 1.807) is 47.6 Å². The first-order chi connectivity index (χ1) is 18.2. The summed E-state index contributed by atoms with van der Waals surface area (Å²) < 4.78 is 30.9. The molecule has 2 heterocycles. The topological polar surface area (TPSA) is 142 Å². The molecule has 1 saturated heterocycles. The number of alkyl carbamates (subject to hydrolysis) is 1. The molecule has 1 aliphatic rings. The van der Waals surface area contributed by atoms with Gasteiger partial charge in [-0.15, -0.1) is 0 Å². The van der Waals surface area contributed by atoms with Crippen molar-refractivity contribution < 1.29 is 33.0 Å². The number of pyridine rings is 1. The van der Waals surface area contributed by atoms with Gasteiger partial charge >= 0.3 is 6.09 Å². The van der Waals surface area contributed by atoms with Crippen molar-refractivity contribution in [3.63, 3.8) is 0 Å². The predicted molar refractivity (Wildman–Crippen MR) is 143 cm³/mol. The molecule has 3 amide bonds. The first-order valence-corrected chi connectivity index (χ1v) is 12.6. The Morgan fingerprint density at radius 2 is 1.90 bits per heavy atom. The molecule has 0 bridgehead atoms. The van der Waals surface area contributed by atoms with Crippen LogP contribution in [0.25, 0.3) is 10.8 Å². The highest BCUT2D eigenvalue weighted by atomic mass is 19.1. The molecule has 1 aliphatic heterocycles. The number of amides is 3. The van der Waals surface area contributed by atoms with Crippen LogP contribution in [0.3, 0.4) is 0 Å². The third kappa shape index (κ3) is 7.07. The van der Waals surface area contributed by atoms with E-state index >= 15 is 0 Å². The van der Waals surface area contributed by atoms with E-state index in [2.05, 4.69) is 27.5 Å². The summed E-state index contributed by atoms with van der Waals surface area (Å²) in [6.07, 6.45) is -0.288. The Hall–Kier alpha value is -4.07. The highest BCUT2D eigenvalue weighted by Gasteiger charge is 2.41. The zero-order chi connectivity index (χ0) is 29.1. The number of fused-ring (bicyclic) bond motifs is 1. The van der Waals surface area contributed by atoms with Crippen LogP contribution in [0, 0.1) is 17.8 Å². The van der Waals surface area contributed by atoms with Gasteiger partial charge in [0.05, 0.1) is 29.8 Å². The van der Waals surface area contributed by atoms with Crippen LogP contribution < -0.4 is 25.8 Å². The van der Waals surface area contributed by atoms with Gasteiger partial charge in [0, 0.05) is 22.9 Å². The molecule has 0 unspecified atom stereocenters. The standard InChI is InChI=1S/C28H35FN4O6/c1-8-16-20(32-24(35)22(16)29)14-38-25-18-12-21(37-7)19(23(30)34)11-17(18)15(13-31-25)9-10-28(5,6)33-26(36)39-27(2,3)4/h11-13,16,20,22H,8,14H2,1-7H3,(H2,30,34)(H,32,35)(H,33,36)/t16-,20+,22-/m0/s1. The highest BCUT2D eigenvalue weighted by Crippen LogP contribution is 2.33. The molecule has 1 aromatic heterocycles. The zero-order valence-corrected chi connectivity index (χ0v) is 23.2. The van der Waals surface area contributed by atoms with E-state index in [1.807, 2.05) is 0 Å². The number of hydrogen-bond donors (Lipinski definition) is 3. The number of methoxy groups -OCH3 is 1. The van der Waals surface area contributed by atoms with Crippen molar-refractivity contribution in [1.29, 1.82) is 0 Å². The molecule has 3 atom stereocenters. The van der Waals surface area contributed by atoms with Crippen LogP contribution in [0.1, 0.15) is 63.9 Å². The van der Waals surface area contributed by atoms with Gasteiger partial charge in [-0.05, 0) is 53.2 Å². The largest absolute Gasteiger partial charge is 0.496 e. The predicted octanol–water partition coefficient (Wildman–Crippen LogP) is 3.24. The van der Waals surface area contributed by atoms with E-state index in [-0.39, 0.29) is 23.8 Å². The first kappa shape index (κ1) is 29.5. The highest BCUT2D eigenvalue weighted by molar-refractivity contribution is 6.03. The first-order valence-electron chi connectivity index (χ1n) is 12.6. The molecular weight excluding hydrogens is 507 g/mol. The number of carbonyl (C=O) groups is 3. The van der Waals surface area contributed by atoms with Gasteiger partial charge in [0.15, 0.2) is 6.17 Å². The van der Waals surface area contributed by atoms with Crippen molar-refractivity contribution in [3.05, 3.63) is 29.5 Å². The molecule has 2 aromatic rings. The maximum absolute atomic E-state index is 14.2. The number of nitrogens with two attached hydrogens (primary N) is 1. The molecule has 10 nitrogen and oxygen atoms in total. The Morgan fingerprint density at radius 1 is 1.21 bits per heavy atom. The number of rotatable bonds is 7. The van der Waals surface area contributed by atoms with E-state index in [1.165, 1.54) is 19.4 Å². The second kappa shape index (κ2) is 11.4. The number of nitrogens with one attached hydrogen (secondary N) is 2. The third-order valence-corrected chi connectivity index (χ3v) is 6.10. The molecule has 39 heavy (non-hydrogen) atoms. The fourth-order valence-corrected chi connectivity index (χ4v) is 4.22. The van der Waals surface area contributed by atoms with Crippen LogP contribution >= 0.6 is 0 Å². The molecule has 11 heteroatoms. The third-order valence-electron chi connectivity index (χ3n) is 6.10. The second-order valence-corrected chi connectivity index (χ2v) is 10.8. The summed E-state index contributed by atoms with van der Waals surface area (Å²) in [5.74, 6) is 4.53. The number of nitrogens with zero attached hydrogens (tertiary/aromatic N) is 1. The second-order valence-electron chi connectivity index (χ2n) is 10.8. The van der Waals surface area contributed by atoms with E-state index < -0.39 is 47.2 Å². The zero-order valence-electron chi connectivity index (χ0n) is 23.2. The van der Waals surface area contributed by atoms with Crippen LogP contribution in [-0.2, 0) is 9.53 Å². The molecule has 0 aliphatic carbocycles. The minimum atomic E-state index is -1.60. The van der Waals surface area contributed by atoms with Gasteiger partial charge in [-0.3, -0.25) is 9.59 Å². The summed E-state index contributed by atoms with van der Waals surface area (Å²) in [5, 5.41) is 6.32. The number of hydrogen-bond acceptors (Lipinski definition) is 7. The molecule has 3 rings (SSSR count). The Morgan fingerprint density at radius 3 is 2.49 bits per heavy atom. The van der Waals surface area contributed by atoms with Gasteiger partial charge in [-0.2, -0.15) is 0 Å². The van der Waals surface area contributed by atoms with Crippen molar-refractivity contribution >= 4 is 28.7 Å². The lowest BCUT2D eigenvalue weighted by Gasteiger charge is -2.24. The molecule has 210 valence electrons. The number of halogens is 1. The van der Waals surface area contributed by atoms with Crippen LogP contribution in [0.15, 0.2) is 18.3 Å². The van der Waals surface area contributed by atoms with Gasteiger partial charge in [0.1, 0.15) is 18.0 Å². The molecule has 0 saturated carbocycles. The van der Waals surface area contributed by atoms with Gasteiger partial charge in [0.2, 0.25) is 5.88 Å². The Kier molecular flexibility index (Phi) is 8.58. The number of alkyl halides is 1. The van der Waals surface area contributed by atoms with Crippen molar-refractivity contribution in [3.8, 4) is 23.5 Å². The van der Waals surface area contributed by atoms with E-state index in [9.17, 15) is 18.8 Å². The lowest BCUT2D eigenvalue weighted by Crippen LogP contribution is -2.44. The number of primary amides is 1. The molecule has 4 N–H and O–H groups in total. The quantitative estimate of drug-likeness (QED) is 0.456. The monoisotopic (exact) mass is 542 g/mol. The van der Waals surface area contributed by atoms with Gasteiger partial charge in [-0.1, -0.05) is 18.8 Å². The van der Waals surface area contributed by atoms with Crippen molar-refractivity contribution in [1.82, 2.24) is 15.6 Å². The van der Waals surface area contributed by atoms with Crippen LogP contribution in [0.4, 0.5) is 9.18 Å². The molecule has 1 fully saturated rings. The van der Waals surface area contributed by atoms with Crippen molar-refractivity contribution in [2.24, 2.45) is 11.7 Å². The minimum absolute atomic E-state index is 0.00941. The lowest BCUT2D eigenvalue weighted by molar-refractivity contribution is -0.123. The number of benzene rings is 1. The molecule has 0 spiro atoms. The van der Waals surface area contributed by atoms with Gasteiger partial charge in [0.25, 0.3) is 11.8 Å². The van der Waals surface area contributed by atoms with E-state index in [0.29, 0.717) is 22.8 Å². The lowest BCUT2D eigenvalue weighted by atomic mass is 9.97. The van der Waals surface area contributed by atoms with Crippen molar-refractivity contribution in [2.45, 2.75) is 71.3 Å². The summed E-state index contributed by atoms with van der Waals surface area (Å²) in [5.41, 5.74) is 4.50. The molecule has 0 radical (unpaired) electrons. The van der Waals surface area contributed by atoms with Crippen LogP contribution in [0.2, 0.25) is 0 Å². The normalized spacial score (nSPS) is 19.1. The average Bonchev–Trinajstić information content (AvgIpc) is 3.11. The summed E-state index contributed by atoms with van der Waals surface area (Å²) in [4.78, 5) is 40.6. The summed E-state index contributed by atoms with van der Waals surface area (Å²) in [6.45, 7) is 10.5. The Balaban J connectivity index is 2.00. The average molecular weight is 543 g/mol. The SMILES string of the molecule is CC[C@@H]1[C@H](F)C(=O)N[C@@H]1COc1ncc(C#CC(C)(C)NC(=O)OC(C)(C)C)c2cc(C(N)=O)c(OC)cc12.